The Bertz CT molecular complexity index is 1060. The van der Waals surface area contributed by atoms with E-state index in [0.29, 0.717) is 25.7 Å². The molecule has 0 aromatic carbocycles. The van der Waals surface area contributed by atoms with Crippen molar-refractivity contribution in [3.8, 4) is 0 Å². The first-order valence-electron chi connectivity index (χ1n) is 27.5. The van der Waals surface area contributed by atoms with Crippen LogP contribution < -0.4 is 0 Å². The molecule has 368 valence electrons. The van der Waals surface area contributed by atoms with Crippen LogP contribution in [0.4, 0.5) is 0 Å². The van der Waals surface area contributed by atoms with Crippen molar-refractivity contribution in [3.05, 3.63) is 36.5 Å². The average Bonchev–Trinajstić information content (AvgIpc) is 3.28. The molecule has 0 saturated carbocycles. The summed E-state index contributed by atoms with van der Waals surface area (Å²) in [6, 6.07) is 0. The number of carbonyl (C=O) groups is 3. The van der Waals surface area contributed by atoms with Crippen LogP contribution in [0.3, 0.4) is 0 Å². The van der Waals surface area contributed by atoms with Crippen LogP contribution in [0.2, 0.25) is 0 Å². The van der Waals surface area contributed by atoms with Gasteiger partial charge in [0.25, 0.3) is 0 Å². The maximum Gasteiger partial charge on any atom is 0.306 e. The van der Waals surface area contributed by atoms with E-state index in [4.69, 9.17) is 14.2 Å². The lowest BCUT2D eigenvalue weighted by molar-refractivity contribution is -0.167. The minimum absolute atomic E-state index is 0.0831. The van der Waals surface area contributed by atoms with E-state index < -0.39 is 6.10 Å². The molecule has 0 saturated heterocycles. The minimum Gasteiger partial charge on any atom is -0.462 e. The predicted octanol–water partition coefficient (Wildman–Crippen LogP) is 18.1. The maximum atomic E-state index is 12.8. The van der Waals surface area contributed by atoms with Gasteiger partial charge in [0.05, 0.1) is 0 Å². The fourth-order valence-corrected chi connectivity index (χ4v) is 7.99. The van der Waals surface area contributed by atoms with Crippen molar-refractivity contribution in [1.82, 2.24) is 0 Å². The number of carbonyl (C=O) groups excluding carboxylic acids is 3. The quantitative estimate of drug-likeness (QED) is 0.0262. The van der Waals surface area contributed by atoms with Gasteiger partial charge in [0.2, 0.25) is 0 Å². The number of unbranched alkanes of at least 4 members (excludes halogenated alkanes) is 33. The molecule has 1 atom stereocenters. The van der Waals surface area contributed by atoms with Crippen LogP contribution in [0, 0.1) is 0 Å². The first kappa shape index (κ1) is 60.6. The van der Waals surface area contributed by atoms with Crippen molar-refractivity contribution in [2.75, 3.05) is 13.2 Å². The molecule has 6 heteroatoms. The van der Waals surface area contributed by atoms with Gasteiger partial charge >= 0.3 is 17.9 Å². The Morgan fingerprint density at radius 1 is 0.317 bits per heavy atom. The molecule has 63 heavy (non-hydrogen) atoms. The molecule has 0 aliphatic heterocycles. The molecule has 1 unspecified atom stereocenters. The molecule has 0 heterocycles. The average molecular weight is 885 g/mol. The van der Waals surface area contributed by atoms with Crippen LogP contribution in [0.1, 0.15) is 290 Å². The SMILES string of the molecule is CCCCCCCC/C=C\C/C=C\C/C=C\CCCC(=O)OCC(COC(=O)CCCCCCCCCCCCCC)OC(=O)CCCCCCCCCCCCCCCCCC. The topological polar surface area (TPSA) is 78.9 Å². The summed E-state index contributed by atoms with van der Waals surface area (Å²) >= 11 is 0. The first-order chi connectivity index (χ1) is 31.0. The zero-order chi connectivity index (χ0) is 45.8. The number of hydrogen-bond donors (Lipinski definition) is 0. The summed E-state index contributed by atoms with van der Waals surface area (Å²) in [5, 5.41) is 0. The summed E-state index contributed by atoms with van der Waals surface area (Å²) in [5.74, 6) is -0.923. The Hall–Kier alpha value is -2.37. The molecule has 0 N–H and O–H groups in total. The van der Waals surface area contributed by atoms with Crippen molar-refractivity contribution in [2.24, 2.45) is 0 Å². The standard InChI is InChI=1S/C57H104O6/c1-4-7-10-13-16-19-22-25-27-29-31-32-35-38-41-44-47-50-56(59)62-53-54(52-61-55(58)49-46-43-40-37-34-24-21-18-15-12-9-6-3)63-57(60)51-48-45-42-39-36-33-30-28-26-23-20-17-14-11-8-5-2/h25,27,31-32,38,41,54H,4-24,26,28-30,33-37,39-40,42-53H2,1-3H3/b27-25-,32-31-,41-38-. The number of esters is 3. The van der Waals surface area contributed by atoms with Gasteiger partial charge < -0.3 is 14.2 Å². The number of hydrogen-bond acceptors (Lipinski definition) is 6. The number of rotatable bonds is 50. The summed E-state index contributed by atoms with van der Waals surface area (Å²) in [6.45, 7) is 6.62. The summed E-state index contributed by atoms with van der Waals surface area (Å²) in [7, 11) is 0. The van der Waals surface area contributed by atoms with Gasteiger partial charge in [0, 0.05) is 19.3 Å². The third-order valence-corrected chi connectivity index (χ3v) is 12.1. The number of allylic oxidation sites excluding steroid dienone is 6. The Morgan fingerprint density at radius 2 is 0.587 bits per heavy atom. The molecule has 0 aliphatic rings. The summed E-state index contributed by atoms with van der Waals surface area (Å²) in [5.41, 5.74) is 0. The number of ether oxygens (including phenoxy) is 3. The molecular formula is C57H104O6. The lowest BCUT2D eigenvalue weighted by atomic mass is 10.0. The highest BCUT2D eigenvalue weighted by Gasteiger charge is 2.19. The fourth-order valence-electron chi connectivity index (χ4n) is 7.99. The molecular weight excluding hydrogens is 781 g/mol. The van der Waals surface area contributed by atoms with Crippen LogP contribution in [-0.4, -0.2) is 37.2 Å². The van der Waals surface area contributed by atoms with Gasteiger partial charge in [-0.15, -0.1) is 0 Å². The van der Waals surface area contributed by atoms with Gasteiger partial charge in [0.15, 0.2) is 6.10 Å². The second kappa shape index (κ2) is 52.3. The molecule has 0 radical (unpaired) electrons. The van der Waals surface area contributed by atoms with Crippen LogP contribution in [0.25, 0.3) is 0 Å². The molecule has 6 nitrogen and oxygen atoms in total. The third-order valence-electron chi connectivity index (χ3n) is 12.1. The molecule has 0 bridgehead atoms. The Labute approximate surface area is 391 Å². The summed E-state index contributed by atoms with van der Waals surface area (Å²) in [6.07, 6.45) is 61.3. The smallest absolute Gasteiger partial charge is 0.306 e. The van der Waals surface area contributed by atoms with E-state index in [1.807, 2.05) is 0 Å². The molecule has 0 amide bonds. The van der Waals surface area contributed by atoms with Crippen LogP contribution in [0.15, 0.2) is 36.5 Å². The Balaban J connectivity index is 4.40. The van der Waals surface area contributed by atoms with E-state index in [2.05, 4.69) is 57.2 Å². The van der Waals surface area contributed by atoms with Gasteiger partial charge in [0.1, 0.15) is 13.2 Å². The second-order valence-corrected chi connectivity index (χ2v) is 18.5. The predicted molar refractivity (Wildman–Crippen MR) is 270 cm³/mol. The maximum absolute atomic E-state index is 12.8. The van der Waals surface area contributed by atoms with Crippen molar-refractivity contribution in [1.29, 1.82) is 0 Å². The molecule has 0 aromatic rings. The normalized spacial score (nSPS) is 12.2. The van der Waals surface area contributed by atoms with E-state index in [9.17, 15) is 14.4 Å². The van der Waals surface area contributed by atoms with Crippen molar-refractivity contribution >= 4 is 17.9 Å². The highest BCUT2D eigenvalue weighted by molar-refractivity contribution is 5.71. The first-order valence-corrected chi connectivity index (χ1v) is 27.5. The van der Waals surface area contributed by atoms with Gasteiger partial charge in [-0.05, 0) is 51.4 Å². The fraction of sp³-hybridized carbons (Fsp3) is 0.842. The third kappa shape index (κ3) is 50.5. The highest BCUT2D eigenvalue weighted by Crippen LogP contribution is 2.16. The van der Waals surface area contributed by atoms with Gasteiger partial charge in [-0.2, -0.15) is 0 Å². The van der Waals surface area contributed by atoms with Gasteiger partial charge in [-0.25, -0.2) is 0 Å². The zero-order valence-electron chi connectivity index (χ0n) is 42.1. The lowest BCUT2D eigenvalue weighted by Crippen LogP contribution is -2.30. The van der Waals surface area contributed by atoms with Gasteiger partial charge in [-0.3, -0.25) is 14.4 Å². The van der Waals surface area contributed by atoms with Crippen LogP contribution >= 0.6 is 0 Å². The van der Waals surface area contributed by atoms with Crippen molar-refractivity contribution in [3.63, 3.8) is 0 Å². The molecule has 0 spiro atoms. The van der Waals surface area contributed by atoms with Crippen molar-refractivity contribution in [2.45, 2.75) is 297 Å². The van der Waals surface area contributed by atoms with E-state index >= 15 is 0 Å². The van der Waals surface area contributed by atoms with E-state index in [0.717, 1.165) is 57.8 Å². The Kier molecular flexibility index (Phi) is 50.3. The van der Waals surface area contributed by atoms with Crippen LogP contribution in [0.5, 0.6) is 0 Å². The van der Waals surface area contributed by atoms with E-state index in [-0.39, 0.29) is 31.1 Å². The largest absolute Gasteiger partial charge is 0.462 e. The monoisotopic (exact) mass is 885 g/mol. The summed E-state index contributed by atoms with van der Waals surface area (Å²) < 4.78 is 16.8. The van der Waals surface area contributed by atoms with Crippen molar-refractivity contribution < 1.29 is 28.6 Å². The van der Waals surface area contributed by atoms with E-state index in [1.54, 1.807) is 0 Å². The minimum atomic E-state index is -0.787. The lowest BCUT2D eigenvalue weighted by Gasteiger charge is -2.18. The Morgan fingerprint density at radius 3 is 0.952 bits per heavy atom. The second-order valence-electron chi connectivity index (χ2n) is 18.5. The highest BCUT2D eigenvalue weighted by atomic mass is 16.6. The summed E-state index contributed by atoms with van der Waals surface area (Å²) in [4.78, 5) is 38.0. The molecule has 0 fully saturated rings. The molecule has 0 rings (SSSR count). The van der Waals surface area contributed by atoms with E-state index in [1.165, 1.54) is 186 Å². The molecule has 0 aromatic heterocycles. The zero-order valence-corrected chi connectivity index (χ0v) is 42.1. The van der Waals surface area contributed by atoms with Crippen LogP contribution in [-0.2, 0) is 28.6 Å². The molecule has 0 aliphatic carbocycles. The van der Waals surface area contributed by atoms with Gasteiger partial charge in [-0.1, -0.05) is 256 Å².